The molecular formula is C17H25N7O5. The molecule has 4 heterocycles. The van der Waals surface area contributed by atoms with E-state index in [1.54, 1.807) is 6.92 Å². The zero-order chi connectivity index (χ0) is 20.7. The number of rotatable bonds is 4. The lowest BCUT2D eigenvalue weighted by Gasteiger charge is -2.46. The van der Waals surface area contributed by atoms with E-state index in [4.69, 9.17) is 4.74 Å². The molecule has 2 fully saturated rings. The fourth-order valence-electron chi connectivity index (χ4n) is 4.03. The number of amides is 1. The van der Waals surface area contributed by atoms with Gasteiger partial charge in [-0.25, -0.2) is 15.0 Å². The molecule has 2 aliphatic heterocycles. The number of likely N-dealkylation sites (N-methyl/N-ethyl adjacent to an activating group) is 1. The topological polar surface area (TPSA) is 169 Å². The van der Waals surface area contributed by atoms with Gasteiger partial charge in [-0.1, -0.05) is 0 Å². The molecule has 0 aliphatic carbocycles. The van der Waals surface area contributed by atoms with E-state index in [0.29, 0.717) is 29.9 Å². The molecule has 2 saturated heterocycles. The van der Waals surface area contributed by atoms with E-state index >= 15 is 0 Å². The zero-order valence-corrected chi connectivity index (χ0v) is 16.1. The van der Waals surface area contributed by atoms with Crippen molar-refractivity contribution < 1.29 is 24.9 Å². The summed E-state index contributed by atoms with van der Waals surface area (Å²) in [5, 5.41) is 37.3. The predicted octanol–water partition coefficient (Wildman–Crippen LogP) is -2.22. The lowest BCUT2D eigenvalue weighted by atomic mass is 9.94. The number of anilines is 1. The van der Waals surface area contributed by atoms with Crippen LogP contribution in [0.3, 0.4) is 0 Å². The molecule has 0 saturated carbocycles. The maximum atomic E-state index is 12.8. The number of ether oxygens (including phenoxy) is 1. The van der Waals surface area contributed by atoms with Crippen LogP contribution >= 0.6 is 0 Å². The highest BCUT2D eigenvalue weighted by Gasteiger charge is 2.47. The van der Waals surface area contributed by atoms with Gasteiger partial charge < -0.3 is 40.6 Å². The quantitative estimate of drug-likeness (QED) is 0.326. The molecule has 29 heavy (non-hydrogen) atoms. The summed E-state index contributed by atoms with van der Waals surface area (Å²) in [6.45, 7) is 2.25. The van der Waals surface area contributed by atoms with Gasteiger partial charge in [-0.15, -0.1) is 0 Å². The maximum absolute atomic E-state index is 12.8. The van der Waals surface area contributed by atoms with Gasteiger partial charge >= 0.3 is 0 Å². The highest BCUT2D eigenvalue weighted by molar-refractivity contribution is 5.83. The van der Waals surface area contributed by atoms with Gasteiger partial charge in [-0.05, 0) is 19.9 Å². The van der Waals surface area contributed by atoms with Gasteiger partial charge in [-0.2, -0.15) is 0 Å². The number of aromatic nitrogens is 4. The van der Waals surface area contributed by atoms with Crippen molar-refractivity contribution in [1.29, 1.82) is 0 Å². The van der Waals surface area contributed by atoms with Crippen LogP contribution in [0, 0.1) is 0 Å². The Kier molecular flexibility index (Phi) is 5.36. The largest absolute Gasteiger partial charge is 0.391 e. The fourth-order valence-corrected chi connectivity index (χ4v) is 4.03. The molecule has 7 atom stereocenters. The summed E-state index contributed by atoms with van der Waals surface area (Å²) in [5.74, 6) is 0.0141. The number of carbonyl (C=O) groups is 1. The Morgan fingerprint density at radius 2 is 2.07 bits per heavy atom. The Labute approximate surface area is 166 Å². The minimum atomic E-state index is -1.33. The smallest absolute Gasteiger partial charge is 0.242 e. The lowest BCUT2D eigenvalue weighted by Crippen LogP contribution is -2.66. The first kappa shape index (κ1) is 19.9. The number of nitrogens with zero attached hydrogens (tertiary/aromatic N) is 4. The normalized spacial score (nSPS) is 35.0. The van der Waals surface area contributed by atoms with Crippen molar-refractivity contribution in [3.63, 3.8) is 0 Å². The third-order valence-corrected chi connectivity index (χ3v) is 5.60. The van der Waals surface area contributed by atoms with E-state index in [1.165, 1.54) is 24.6 Å². The first-order chi connectivity index (χ1) is 13.9. The summed E-state index contributed by atoms with van der Waals surface area (Å²) in [7, 11) is 1.53. The number of aliphatic hydroxyl groups is 3. The Morgan fingerprint density at radius 3 is 2.79 bits per heavy atom. The first-order valence-electron chi connectivity index (χ1n) is 9.49. The fraction of sp³-hybridized carbons (Fsp3) is 0.647. The number of carbonyl (C=O) groups excluding carboxylic acids is 1. The Balaban J connectivity index is 1.49. The van der Waals surface area contributed by atoms with Crippen molar-refractivity contribution >= 4 is 22.9 Å². The van der Waals surface area contributed by atoms with Crippen molar-refractivity contribution in [2.24, 2.45) is 0 Å². The summed E-state index contributed by atoms with van der Waals surface area (Å²) in [6.07, 6.45) is -1.66. The zero-order valence-electron chi connectivity index (χ0n) is 16.1. The minimum absolute atomic E-state index is 0.358. The lowest BCUT2D eigenvalue weighted by molar-refractivity contribution is -0.194. The molecule has 12 heteroatoms. The monoisotopic (exact) mass is 407 g/mol. The Bertz CT molecular complexity index is 879. The van der Waals surface area contributed by atoms with Crippen molar-refractivity contribution in [1.82, 2.24) is 30.2 Å². The Morgan fingerprint density at radius 1 is 1.28 bits per heavy atom. The van der Waals surface area contributed by atoms with Crippen LogP contribution in [-0.4, -0.2) is 102 Å². The number of fused-ring (bicyclic) bond motifs is 1. The summed E-state index contributed by atoms with van der Waals surface area (Å²) in [4.78, 5) is 29.2. The molecule has 0 aromatic carbocycles. The molecule has 12 nitrogen and oxygen atoms in total. The van der Waals surface area contributed by atoms with Gasteiger partial charge in [0.15, 0.2) is 17.7 Å². The molecule has 0 unspecified atom stereocenters. The summed E-state index contributed by atoms with van der Waals surface area (Å²) in [6, 6.07) is -1.52. The molecular weight excluding hydrogens is 382 g/mol. The first-order valence-corrected chi connectivity index (χ1v) is 9.49. The second-order valence-corrected chi connectivity index (χ2v) is 7.44. The van der Waals surface area contributed by atoms with Crippen molar-refractivity contribution in [2.45, 2.75) is 56.1 Å². The number of H-pyrrole nitrogens is 1. The number of hydrogen-bond donors (Lipinski definition) is 6. The maximum Gasteiger partial charge on any atom is 0.242 e. The standard InChI is InChI=1S/C17H25N7O5/c1-7-11(24(2)17(28)9-8(25)3-4-18-9)12(26)13(27)16(29-7)23-15-10-14(20-5-19-10)21-6-22-15/h5-9,11-13,16,18,25-27H,3-4H2,1-2H3,(H2,19,20,21,22,23)/t7-,8-,9+,11-,12+,13-,16-/m0/s1. The molecule has 158 valence electrons. The van der Waals surface area contributed by atoms with Gasteiger partial charge in [0.25, 0.3) is 0 Å². The van der Waals surface area contributed by atoms with Crippen molar-refractivity contribution in [3.05, 3.63) is 12.7 Å². The SMILES string of the molecule is C[C@@H]1O[C@H](Nc2ncnc3nc[nH]c23)[C@@H](O)[C@H](O)[C@H]1N(C)C(=O)[C@@H]1NCC[C@@H]1O. The summed E-state index contributed by atoms with van der Waals surface area (Å²) in [5.41, 5.74) is 0.994. The number of aromatic amines is 1. The number of aliphatic hydroxyl groups excluding tert-OH is 3. The van der Waals surface area contributed by atoms with Crippen LogP contribution in [0.15, 0.2) is 12.7 Å². The van der Waals surface area contributed by atoms with Gasteiger partial charge in [0.1, 0.15) is 30.1 Å². The van der Waals surface area contributed by atoms with Gasteiger partial charge in [0.05, 0.1) is 24.6 Å². The molecule has 2 aliphatic rings. The van der Waals surface area contributed by atoms with E-state index in [-0.39, 0.29) is 5.91 Å². The van der Waals surface area contributed by atoms with Gasteiger partial charge in [-0.3, -0.25) is 4.79 Å². The van der Waals surface area contributed by atoms with Crippen molar-refractivity contribution in [2.75, 3.05) is 18.9 Å². The summed E-state index contributed by atoms with van der Waals surface area (Å²) >= 11 is 0. The molecule has 0 bridgehead atoms. The number of nitrogens with one attached hydrogen (secondary N) is 3. The number of imidazole rings is 1. The van der Waals surface area contributed by atoms with Gasteiger partial charge in [0.2, 0.25) is 5.91 Å². The van der Waals surface area contributed by atoms with Gasteiger partial charge in [0, 0.05) is 7.05 Å². The third kappa shape index (κ3) is 3.53. The second kappa shape index (κ2) is 7.80. The van der Waals surface area contributed by atoms with E-state index in [2.05, 4.69) is 30.6 Å². The van der Waals surface area contributed by atoms with E-state index < -0.39 is 42.7 Å². The molecule has 2 aromatic rings. The van der Waals surface area contributed by atoms with Crippen LogP contribution in [0.2, 0.25) is 0 Å². The van der Waals surface area contributed by atoms with E-state index in [9.17, 15) is 20.1 Å². The average Bonchev–Trinajstić information content (AvgIpc) is 3.34. The van der Waals surface area contributed by atoms with Crippen LogP contribution in [0.5, 0.6) is 0 Å². The Hall–Kier alpha value is -2.38. The number of hydrogen-bond acceptors (Lipinski definition) is 10. The van der Waals surface area contributed by atoms with Crippen LogP contribution < -0.4 is 10.6 Å². The highest BCUT2D eigenvalue weighted by Crippen LogP contribution is 2.27. The van der Waals surface area contributed by atoms with Crippen molar-refractivity contribution in [3.8, 4) is 0 Å². The molecule has 2 aromatic heterocycles. The molecule has 4 rings (SSSR count). The van der Waals surface area contributed by atoms with E-state index in [1.807, 2.05) is 0 Å². The molecule has 1 amide bonds. The van der Waals surface area contributed by atoms with Crippen LogP contribution in [0.1, 0.15) is 13.3 Å². The highest BCUT2D eigenvalue weighted by atomic mass is 16.5. The predicted molar refractivity (Wildman–Crippen MR) is 101 cm³/mol. The molecule has 6 N–H and O–H groups in total. The average molecular weight is 407 g/mol. The molecule has 0 radical (unpaired) electrons. The third-order valence-electron chi connectivity index (χ3n) is 5.60. The van der Waals surface area contributed by atoms with Crippen LogP contribution in [-0.2, 0) is 9.53 Å². The second-order valence-electron chi connectivity index (χ2n) is 7.44. The van der Waals surface area contributed by atoms with E-state index in [0.717, 1.165) is 0 Å². The van der Waals surface area contributed by atoms with Crippen LogP contribution in [0.25, 0.3) is 11.2 Å². The summed E-state index contributed by atoms with van der Waals surface area (Å²) < 4.78 is 5.88. The van der Waals surface area contributed by atoms with Crippen LogP contribution in [0.4, 0.5) is 5.82 Å². The minimum Gasteiger partial charge on any atom is -0.391 e. The molecule has 0 spiro atoms.